The predicted molar refractivity (Wildman–Crippen MR) is 67.4 cm³/mol. The molecule has 0 amide bonds. The Morgan fingerprint density at radius 1 is 1.39 bits per heavy atom. The number of carboxylic acid groups (broad SMARTS) is 1. The van der Waals surface area contributed by atoms with Crippen LogP contribution in [0.2, 0.25) is 0 Å². The predicted octanol–water partition coefficient (Wildman–Crippen LogP) is 2.39. The van der Waals surface area contributed by atoms with Crippen LogP contribution in [0.4, 0.5) is 0 Å². The minimum absolute atomic E-state index is 0.349. The maximum absolute atomic E-state index is 11.3. The summed E-state index contributed by atoms with van der Waals surface area (Å²) in [7, 11) is 0. The van der Waals surface area contributed by atoms with E-state index < -0.39 is 11.5 Å². The van der Waals surface area contributed by atoms with Gasteiger partial charge in [0.05, 0.1) is 0 Å². The van der Waals surface area contributed by atoms with Gasteiger partial charge in [0.15, 0.2) is 0 Å². The summed E-state index contributed by atoms with van der Waals surface area (Å²) in [4.78, 5) is 11.3. The van der Waals surface area contributed by atoms with Crippen molar-refractivity contribution in [3.63, 3.8) is 0 Å². The Labute approximate surface area is 107 Å². The second-order valence-electron chi connectivity index (χ2n) is 5.88. The summed E-state index contributed by atoms with van der Waals surface area (Å²) in [5.41, 5.74) is -0.984. The van der Waals surface area contributed by atoms with Gasteiger partial charge in [0.1, 0.15) is 17.7 Å². The summed E-state index contributed by atoms with van der Waals surface area (Å²) < 4.78 is 1.72. The van der Waals surface area contributed by atoms with E-state index in [2.05, 4.69) is 17.1 Å². The first kappa shape index (κ1) is 13.1. The first-order valence-corrected chi connectivity index (χ1v) is 6.56. The summed E-state index contributed by atoms with van der Waals surface area (Å²) in [6, 6.07) is 0. The summed E-state index contributed by atoms with van der Waals surface area (Å²) in [5.74, 6) is 1.09. The molecule has 0 saturated heterocycles. The van der Waals surface area contributed by atoms with Gasteiger partial charge in [-0.25, -0.2) is 4.79 Å². The molecule has 0 aromatic carbocycles. The van der Waals surface area contributed by atoms with Crippen LogP contribution < -0.4 is 0 Å². The van der Waals surface area contributed by atoms with Gasteiger partial charge in [-0.2, -0.15) is 0 Å². The molecule has 1 fully saturated rings. The van der Waals surface area contributed by atoms with Crippen molar-refractivity contribution in [2.75, 3.05) is 0 Å². The number of aliphatic carboxylic acids is 1. The summed E-state index contributed by atoms with van der Waals surface area (Å²) in [5, 5.41) is 17.4. The lowest BCUT2D eigenvalue weighted by atomic mass is 9.82. The summed E-state index contributed by atoms with van der Waals surface area (Å²) in [6.07, 6.45) is 6.07. The SMILES string of the molecule is CC1CCC(c2nncn2C(C)(C)C(=O)O)CC1. The monoisotopic (exact) mass is 251 g/mol. The van der Waals surface area contributed by atoms with E-state index in [9.17, 15) is 9.90 Å². The lowest BCUT2D eigenvalue weighted by Crippen LogP contribution is -2.37. The van der Waals surface area contributed by atoms with E-state index in [0.29, 0.717) is 5.92 Å². The number of nitrogens with zero attached hydrogens (tertiary/aromatic N) is 3. The molecule has 0 bridgehead atoms. The third kappa shape index (κ3) is 2.26. The van der Waals surface area contributed by atoms with E-state index in [1.807, 2.05) is 0 Å². The van der Waals surface area contributed by atoms with E-state index in [4.69, 9.17) is 0 Å². The number of carbonyl (C=O) groups is 1. The smallest absolute Gasteiger partial charge is 0.329 e. The van der Waals surface area contributed by atoms with Gasteiger partial charge in [0.2, 0.25) is 0 Å². The zero-order chi connectivity index (χ0) is 13.3. The van der Waals surface area contributed by atoms with Crippen molar-refractivity contribution in [3.05, 3.63) is 12.2 Å². The molecule has 0 spiro atoms. The summed E-state index contributed by atoms with van der Waals surface area (Å²) >= 11 is 0. The molecule has 18 heavy (non-hydrogen) atoms. The highest BCUT2D eigenvalue weighted by Crippen LogP contribution is 2.35. The van der Waals surface area contributed by atoms with Gasteiger partial charge >= 0.3 is 5.97 Å². The van der Waals surface area contributed by atoms with Crippen LogP contribution in [0.5, 0.6) is 0 Å². The molecule has 0 aliphatic heterocycles. The molecule has 1 aromatic heterocycles. The average Bonchev–Trinajstić information content (AvgIpc) is 2.79. The van der Waals surface area contributed by atoms with Crippen LogP contribution in [-0.4, -0.2) is 25.8 Å². The highest BCUT2D eigenvalue weighted by Gasteiger charge is 2.34. The number of carboxylic acids is 1. The van der Waals surface area contributed by atoms with Crippen molar-refractivity contribution in [2.45, 2.75) is 57.9 Å². The quantitative estimate of drug-likeness (QED) is 0.895. The highest BCUT2D eigenvalue weighted by atomic mass is 16.4. The molecule has 100 valence electrons. The van der Waals surface area contributed by atoms with Crippen molar-refractivity contribution < 1.29 is 9.90 Å². The Morgan fingerprint density at radius 3 is 2.56 bits per heavy atom. The van der Waals surface area contributed by atoms with Gasteiger partial charge in [0, 0.05) is 5.92 Å². The third-order valence-corrected chi connectivity index (χ3v) is 4.08. The van der Waals surface area contributed by atoms with Gasteiger partial charge in [-0.15, -0.1) is 10.2 Å². The van der Waals surface area contributed by atoms with E-state index in [1.54, 1.807) is 24.7 Å². The molecule has 5 heteroatoms. The Kier molecular flexibility index (Phi) is 3.41. The maximum Gasteiger partial charge on any atom is 0.329 e. The van der Waals surface area contributed by atoms with Crippen LogP contribution in [0.3, 0.4) is 0 Å². The topological polar surface area (TPSA) is 68.0 Å². The fourth-order valence-electron chi connectivity index (χ4n) is 2.57. The third-order valence-electron chi connectivity index (χ3n) is 4.08. The van der Waals surface area contributed by atoms with Crippen LogP contribution in [0.15, 0.2) is 6.33 Å². The number of rotatable bonds is 3. The Bertz CT molecular complexity index is 431. The van der Waals surface area contributed by atoms with Gasteiger partial charge in [-0.3, -0.25) is 0 Å². The largest absolute Gasteiger partial charge is 0.480 e. The molecule has 0 unspecified atom stereocenters. The van der Waals surface area contributed by atoms with Gasteiger partial charge in [-0.05, 0) is 32.6 Å². The van der Waals surface area contributed by atoms with Crippen LogP contribution >= 0.6 is 0 Å². The Morgan fingerprint density at radius 2 is 2.00 bits per heavy atom. The molecule has 1 saturated carbocycles. The molecule has 0 radical (unpaired) electrons. The Hall–Kier alpha value is -1.39. The van der Waals surface area contributed by atoms with Crippen molar-refractivity contribution in [1.29, 1.82) is 0 Å². The van der Waals surface area contributed by atoms with Gasteiger partial charge in [-0.1, -0.05) is 19.8 Å². The lowest BCUT2D eigenvalue weighted by Gasteiger charge is -2.29. The first-order chi connectivity index (χ1) is 8.43. The number of aromatic nitrogens is 3. The molecule has 0 atom stereocenters. The van der Waals surface area contributed by atoms with E-state index in [-0.39, 0.29) is 0 Å². The normalized spacial score (nSPS) is 25.1. The van der Waals surface area contributed by atoms with E-state index in [0.717, 1.165) is 24.6 Å². The van der Waals surface area contributed by atoms with Crippen LogP contribution in [0.1, 0.15) is 58.2 Å². The average molecular weight is 251 g/mol. The van der Waals surface area contributed by atoms with E-state index >= 15 is 0 Å². The zero-order valence-electron chi connectivity index (χ0n) is 11.3. The molecule has 1 aromatic rings. The van der Waals surface area contributed by atoms with Crippen molar-refractivity contribution in [1.82, 2.24) is 14.8 Å². The summed E-state index contributed by atoms with van der Waals surface area (Å²) in [6.45, 7) is 5.64. The standard InChI is InChI=1S/C13H21N3O2/c1-9-4-6-10(7-5-9)11-15-14-8-16(11)13(2,3)12(17)18/h8-10H,4-7H2,1-3H3,(H,17,18). The highest BCUT2D eigenvalue weighted by molar-refractivity contribution is 5.75. The fraction of sp³-hybridized carbons (Fsp3) is 0.769. The van der Waals surface area contributed by atoms with Crippen molar-refractivity contribution in [2.24, 2.45) is 5.92 Å². The zero-order valence-corrected chi connectivity index (χ0v) is 11.3. The number of hydrogen-bond donors (Lipinski definition) is 1. The number of hydrogen-bond acceptors (Lipinski definition) is 3. The molecular weight excluding hydrogens is 230 g/mol. The van der Waals surface area contributed by atoms with Crippen LogP contribution in [-0.2, 0) is 10.3 Å². The molecule has 1 aliphatic carbocycles. The van der Waals surface area contributed by atoms with Crippen LogP contribution in [0.25, 0.3) is 0 Å². The second-order valence-corrected chi connectivity index (χ2v) is 5.88. The van der Waals surface area contributed by atoms with Crippen molar-refractivity contribution in [3.8, 4) is 0 Å². The molecule has 5 nitrogen and oxygen atoms in total. The van der Waals surface area contributed by atoms with Gasteiger partial charge < -0.3 is 9.67 Å². The molecule has 1 N–H and O–H groups in total. The van der Waals surface area contributed by atoms with Crippen LogP contribution in [0, 0.1) is 5.92 Å². The maximum atomic E-state index is 11.3. The Balaban J connectivity index is 2.25. The molecule has 1 aliphatic rings. The molecule has 2 rings (SSSR count). The van der Waals surface area contributed by atoms with Gasteiger partial charge in [0.25, 0.3) is 0 Å². The van der Waals surface area contributed by atoms with Crippen molar-refractivity contribution >= 4 is 5.97 Å². The minimum atomic E-state index is -0.984. The fourth-order valence-corrected chi connectivity index (χ4v) is 2.57. The second kappa shape index (κ2) is 4.71. The first-order valence-electron chi connectivity index (χ1n) is 6.56. The lowest BCUT2D eigenvalue weighted by molar-refractivity contribution is -0.145. The van der Waals surface area contributed by atoms with E-state index in [1.165, 1.54) is 12.8 Å². The minimum Gasteiger partial charge on any atom is -0.480 e. The molecule has 1 heterocycles. The molecular formula is C13H21N3O2.